The van der Waals surface area contributed by atoms with Crippen molar-refractivity contribution in [3.8, 4) is 11.5 Å². The van der Waals surface area contributed by atoms with Crippen LogP contribution in [0.15, 0.2) is 53.5 Å². The number of hydrogen-bond acceptors (Lipinski definition) is 5. The molecule has 0 aliphatic carbocycles. The Morgan fingerprint density at radius 2 is 1.69 bits per heavy atom. The Bertz CT molecular complexity index is 905. The van der Waals surface area contributed by atoms with Crippen molar-refractivity contribution in [3.63, 3.8) is 0 Å². The molecule has 0 aromatic heterocycles. The highest BCUT2D eigenvalue weighted by Gasteiger charge is 2.10. The molecule has 2 amide bonds. The molecule has 0 heterocycles. The molecule has 2 aromatic rings. The Morgan fingerprint density at radius 1 is 1.03 bits per heavy atom. The van der Waals surface area contributed by atoms with Crippen LogP contribution >= 0.6 is 24.0 Å². The van der Waals surface area contributed by atoms with E-state index in [0.717, 1.165) is 5.56 Å². The van der Waals surface area contributed by atoms with Crippen LogP contribution in [-0.4, -0.2) is 51.1 Å². The number of aliphatic imine (C=N–C) groups is 1. The summed E-state index contributed by atoms with van der Waals surface area (Å²) in [5.41, 5.74) is 6.45. The zero-order valence-corrected chi connectivity index (χ0v) is 20.7. The molecular weight excluding hydrogens is 525 g/mol. The van der Waals surface area contributed by atoms with Crippen LogP contribution in [-0.2, 0) is 11.3 Å². The van der Waals surface area contributed by atoms with Gasteiger partial charge in [0.05, 0.1) is 20.2 Å². The Hall–Kier alpha value is -3.02. The normalized spacial score (nSPS) is 11.5. The van der Waals surface area contributed by atoms with Crippen molar-refractivity contribution < 1.29 is 19.1 Å². The fraction of sp³-hybridized carbons (Fsp3) is 0.318. The summed E-state index contributed by atoms with van der Waals surface area (Å²) in [6.07, 6.45) is -0.118. The van der Waals surface area contributed by atoms with Crippen LogP contribution in [0.3, 0.4) is 0 Å². The van der Waals surface area contributed by atoms with Crippen molar-refractivity contribution in [3.05, 3.63) is 59.7 Å². The molecule has 9 nitrogen and oxygen atoms in total. The predicted octanol–water partition coefficient (Wildman–Crippen LogP) is 1.66. The molecule has 0 saturated carbocycles. The number of primary amides is 1. The summed E-state index contributed by atoms with van der Waals surface area (Å²) in [6.45, 7) is 2.82. The summed E-state index contributed by atoms with van der Waals surface area (Å²) in [7, 11) is 3.30. The average Bonchev–Trinajstić information content (AvgIpc) is 2.78. The highest BCUT2D eigenvalue weighted by molar-refractivity contribution is 14.0. The van der Waals surface area contributed by atoms with Gasteiger partial charge in [0.15, 0.2) is 17.5 Å². The number of ether oxygens (including phenoxy) is 2. The molecule has 2 rings (SSSR count). The average molecular weight is 555 g/mol. The summed E-state index contributed by atoms with van der Waals surface area (Å²) in [6, 6.07) is 14.5. The number of hydrogen-bond donors (Lipinski definition) is 4. The summed E-state index contributed by atoms with van der Waals surface area (Å²) in [4.78, 5) is 26.9. The number of nitrogens with two attached hydrogens (primary N) is 1. The Kier molecular flexibility index (Phi) is 11.9. The molecule has 2 aromatic carbocycles. The van der Waals surface area contributed by atoms with Gasteiger partial charge in [-0.1, -0.05) is 24.3 Å². The van der Waals surface area contributed by atoms with Crippen molar-refractivity contribution >= 4 is 41.8 Å². The van der Waals surface area contributed by atoms with Crippen LogP contribution in [0, 0.1) is 0 Å². The summed E-state index contributed by atoms with van der Waals surface area (Å²) >= 11 is 0. The zero-order chi connectivity index (χ0) is 22.6. The third kappa shape index (κ3) is 9.00. The summed E-state index contributed by atoms with van der Waals surface area (Å²) in [5.74, 6) is 1.06. The van der Waals surface area contributed by atoms with Crippen molar-refractivity contribution in [1.29, 1.82) is 0 Å². The molecule has 0 aliphatic heterocycles. The van der Waals surface area contributed by atoms with E-state index in [9.17, 15) is 9.59 Å². The largest absolute Gasteiger partial charge is 0.493 e. The Morgan fingerprint density at radius 3 is 2.28 bits per heavy atom. The maximum absolute atomic E-state index is 11.9. The third-order valence-electron chi connectivity index (χ3n) is 4.28. The number of methoxy groups -OCH3 is 1. The summed E-state index contributed by atoms with van der Waals surface area (Å²) < 4.78 is 11.2. The molecule has 0 saturated heterocycles. The van der Waals surface area contributed by atoms with Gasteiger partial charge in [0.25, 0.3) is 5.91 Å². The van der Waals surface area contributed by atoms with E-state index in [4.69, 9.17) is 15.2 Å². The fourth-order valence-corrected chi connectivity index (χ4v) is 2.66. The fourth-order valence-electron chi connectivity index (χ4n) is 2.66. The molecule has 10 heteroatoms. The van der Waals surface area contributed by atoms with Gasteiger partial charge in [0.2, 0.25) is 5.91 Å². The predicted molar refractivity (Wildman–Crippen MR) is 135 cm³/mol. The highest BCUT2D eigenvalue weighted by atomic mass is 127. The van der Waals surface area contributed by atoms with Crippen molar-refractivity contribution in [2.24, 2.45) is 10.7 Å². The Balaban J connectivity index is 0.00000512. The van der Waals surface area contributed by atoms with E-state index in [1.54, 1.807) is 26.3 Å². The molecule has 1 atom stereocenters. The van der Waals surface area contributed by atoms with Gasteiger partial charge in [0, 0.05) is 19.2 Å². The maximum atomic E-state index is 11.9. The van der Waals surface area contributed by atoms with Crippen molar-refractivity contribution in [2.75, 3.05) is 27.2 Å². The van der Waals surface area contributed by atoms with Gasteiger partial charge in [-0.3, -0.25) is 14.6 Å². The topological polar surface area (TPSA) is 127 Å². The molecule has 5 N–H and O–H groups in total. The van der Waals surface area contributed by atoms with E-state index in [1.165, 1.54) is 0 Å². The zero-order valence-electron chi connectivity index (χ0n) is 18.4. The Labute approximate surface area is 205 Å². The van der Waals surface area contributed by atoms with E-state index in [1.807, 2.05) is 43.3 Å². The van der Waals surface area contributed by atoms with Crippen molar-refractivity contribution in [1.82, 2.24) is 16.0 Å². The molecule has 0 bridgehead atoms. The number of amides is 2. The lowest BCUT2D eigenvalue weighted by Gasteiger charge is -2.19. The van der Waals surface area contributed by atoms with Gasteiger partial charge in [-0.2, -0.15) is 0 Å². The van der Waals surface area contributed by atoms with Crippen LogP contribution in [0.4, 0.5) is 0 Å². The molecular formula is C22H30IN5O4. The van der Waals surface area contributed by atoms with E-state index in [-0.39, 0.29) is 42.5 Å². The van der Waals surface area contributed by atoms with Crippen LogP contribution in [0.5, 0.6) is 11.5 Å². The van der Waals surface area contributed by atoms with E-state index < -0.39 is 5.91 Å². The smallest absolute Gasteiger partial charge is 0.251 e. The molecule has 0 spiro atoms. The molecule has 1 unspecified atom stereocenters. The van der Waals surface area contributed by atoms with Gasteiger partial charge >= 0.3 is 0 Å². The van der Waals surface area contributed by atoms with Gasteiger partial charge in [-0.15, -0.1) is 24.0 Å². The number of nitrogens with zero attached hydrogens (tertiary/aromatic N) is 1. The lowest BCUT2D eigenvalue weighted by atomic mass is 10.1. The quantitative estimate of drug-likeness (QED) is 0.201. The lowest BCUT2D eigenvalue weighted by Crippen LogP contribution is -2.41. The molecule has 0 fully saturated rings. The maximum Gasteiger partial charge on any atom is 0.251 e. The van der Waals surface area contributed by atoms with Crippen LogP contribution in [0.2, 0.25) is 0 Å². The van der Waals surface area contributed by atoms with Gasteiger partial charge in [-0.05, 0) is 36.8 Å². The minimum Gasteiger partial charge on any atom is -0.493 e. The molecule has 174 valence electrons. The minimum absolute atomic E-state index is 0. The number of nitrogens with one attached hydrogen (secondary N) is 3. The summed E-state index contributed by atoms with van der Waals surface area (Å²) in [5, 5.41) is 8.88. The number of para-hydroxylation sites is 2. The van der Waals surface area contributed by atoms with Gasteiger partial charge in [-0.25, -0.2) is 0 Å². The molecule has 0 aliphatic rings. The van der Waals surface area contributed by atoms with Gasteiger partial charge < -0.3 is 31.2 Å². The number of benzene rings is 2. The van der Waals surface area contributed by atoms with Gasteiger partial charge in [0.1, 0.15) is 6.10 Å². The lowest BCUT2D eigenvalue weighted by molar-refractivity contribution is -0.117. The number of rotatable bonds is 10. The van der Waals surface area contributed by atoms with Crippen LogP contribution in [0.1, 0.15) is 22.8 Å². The van der Waals surface area contributed by atoms with E-state index in [2.05, 4.69) is 20.9 Å². The second kappa shape index (κ2) is 14.1. The monoisotopic (exact) mass is 555 g/mol. The number of halogens is 1. The van der Waals surface area contributed by atoms with E-state index >= 15 is 0 Å². The minimum atomic E-state index is -0.587. The molecule has 0 radical (unpaired) electrons. The van der Waals surface area contributed by atoms with Crippen LogP contribution < -0.4 is 31.2 Å². The first-order valence-corrected chi connectivity index (χ1v) is 9.82. The number of carbonyl (C=O) groups is 2. The first-order valence-electron chi connectivity index (χ1n) is 9.82. The second-order valence-corrected chi connectivity index (χ2v) is 6.73. The first kappa shape index (κ1) is 27.0. The highest BCUT2D eigenvalue weighted by Crippen LogP contribution is 2.26. The molecule has 32 heavy (non-hydrogen) atoms. The standard InChI is InChI=1S/C22H29N5O4.HI/c1-15(31-19-7-5-4-6-18(19)30-3)12-26-22(24-2)27-13-16-8-10-17(11-9-16)21(29)25-14-20(23)28;/h4-11,15H,12-14H2,1-3H3,(H2,23,28)(H,25,29)(H2,24,26,27);1H. The number of carbonyl (C=O) groups excluding carboxylic acids is 2. The van der Waals surface area contributed by atoms with Crippen molar-refractivity contribution in [2.45, 2.75) is 19.6 Å². The van der Waals surface area contributed by atoms with E-state index in [0.29, 0.717) is 36.1 Å². The third-order valence-corrected chi connectivity index (χ3v) is 4.28. The second-order valence-electron chi connectivity index (χ2n) is 6.73. The first-order chi connectivity index (χ1) is 14.9. The van der Waals surface area contributed by atoms with Crippen LogP contribution in [0.25, 0.3) is 0 Å². The number of guanidine groups is 1. The SMILES string of the molecule is CN=C(NCc1ccc(C(=O)NCC(N)=O)cc1)NCC(C)Oc1ccccc1OC.I.